The van der Waals surface area contributed by atoms with Crippen LogP contribution in [-0.4, -0.2) is 34.3 Å². The fourth-order valence-electron chi connectivity index (χ4n) is 2.00. The number of carboxylic acid groups (broad SMARTS) is 1. The van der Waals surface area contributed by atoms with Crippen molar-refractivity contribution < 1.29 is 19.5 Å². The summed E-state index contributed by atoms with van der Waals surface area (Å²) in [5.74, 6) is -2.67. The predicted molar refractivity (Wildman–Crippen MR) is 63.0 cm³/mol. The van der Waals surface area contributed by atoms with Crippen molar-refractivity contribution in [1.82, 2.24) is 4.90 Å². The number of amides is 2. The quantitative estimate of drug-likeness (QED) is 0.793. The Hall–Kier alpha value is -2.17. The van der Waals surface area contributed by atoms with Crippen molar-refractivity contribution in [2.45, 2.75) is 13.3 Å². The second-order valence-corrected chi connectivity index (χ2v) is 4.42. The van der Waals surface area contributed by atoms with Crippen molar-refractivity contribution in [3.05, 3.63) is 35.4 Å². The number of aryl methyl sites for hydroxylation is 1. The molecule has 2 rings (SSSR count). The summed E-state index contributed by atoms with van der Waals surface area (Å²) in [5.41, 5.74) is 1.33. The van der Waals surface area contributed by atoms with Crippen LogP contribution in [0.25, 0.3) is 0 Å². The van der Waals surface area contributed by atoms with Gasteiger partial charge >= 0.3 is 5.97 Å². The zero-order valence-corrected chi connectivity index (χ0v) is 9.92. The third-order valence-electron chi connectivity index (χ3n) is 2.98. The molecule has 1 atom stereocenters. The van der Waals surface area contributed by atoms with Crippen molar-refractivity contribution in [3.63, 3.8) is 0 Å². The lowest BCUT2D eigenvalue weighted by Gasteiger charge is -2.14. The van der Waals surface area contributed by atoms with E-state index in [1.165, 1.54) is 0 Å². The normalized spacial score (nSPS) is 19.1. The molecule has 1 aliphatic heterocycles. The summed E-state index contributed by atoms with van der Waals surface area (Å²) in [6.07, 6.45) is -0.104. The van der Waals surface area contributed by atoms with Gasteiger partial charge in [0.05, 0.1) is 5.92 Å². The lowest BCUT2D eigenvalue weighted by molar-refractivity contribution is -0.141. The molecule has 1 fully saturated rings. The lowest BCUT2D eigenvalue weighted by Crippen LogP contribution is -2.33. The highest BCUT2D eigenvalue weighted by molar-refractivity contribution is 6.06. The van der Waals surface area contributed by atoms with Gasteiger partial charge in [-0.2, -0.15) is 0 Å². The van der Waals surface area contributed by atoms with Gasteiger partial charge in [0.2, 0.25) is 5.91 Å². The van der Waals surface area contributed by atoms with Gasteiger partial charge in [-0.3, -0.25) is 19.3 Å². The summed E-state index contributed by atoms with van der Waals surface area (Å²) in [6.45, 7) is 1.81. The molecule has 1 aliphatic rings. The van der Waals surface area contributed by atoms with Crippen LogP contribution in [-0.2, 0) is 9.59 Å². The number of likely N-dealkylation sites (tertiary alicyclic amines) is 1. The van der Waals surface area contributed by atoms with Crippen molar-refractivity contribution in [3.8, 4) is 0 Å². The number of imide groups is 1. The molecule has 2 amide bonds. The Balaban J connectivity index is 2.20. The molecular formula is C13H13NO4. The van der Waals surface area contributed by atoms with E-state index in [1.54, 1.807) is 18.2 Å². The maximum atomic E-state index is 12.1. The average molecular weight is 247 g/mol. The van der Waals surface area contributed by atoms with Crippen LogP contribution in [0.1, 0.15) is 22.3 Å². The van der Waals surface area contributed by atoms with Crippen LogP contribution < -0.4 is 0 Å². The number of nitrogens with zero attached hydrogens (tertiary/aromatic N) is 1. The molecule has 0 radical (unpaired) electrons. The average Bonchev–Trinajstić information content (AvgIpc) is 2.70. The molecule has 1 unspecified atom stereocenters. The zero-order valence-electron chi connectivity index (χ0n) is 9.92. The number of carbonyl (C=O) groups excluding carboxylic acids is 2. The Morgan fingerprint density at radius 2 is 2.11 bits per heavy atom. The summed E-state index contributed by atoms with van der Waals surface area (Å²) in [5, 5.41) is 8.86. The highest BCUT2D eigenvalue weighted by Crippen LogP contribution is 2.20. The van der Waals surface area contributed by atoms with E-state index >= 15 is 0 Å². The maximum absolute atomic E-state index is 12.1. The minimum absolute atomic E-state index is 0.0407. The van der Waals surface area contributed by atoms with E-state index in [-0.39, 0.29) is 13.0 Å². The molecule has 0 aliphatic carbocycles. The van der Waals surface area contributed by atoms with Crippen LogP contribution in [0.4, 0.5) is 0 Å². The first-order valence-corrected chi connectivity index (χ1v) is 5.63. The van der Waals surface area contributed by atoms with Crippen molar-refractivity contribution in [1.29, 1.82) is 0 Å². The molecule has 0 spiro atoms. The van der Waals surface area contributed by atoms with Crippen LogP contribution in [0.5, 0.6) is 0 Å². The molecule has 5 nitrogen and oxygen atoms in total. The van der Waals surface area contributed by atoms with Gasteiger partial charge in [-0.05, 0) is 19.1 Å². The molecule has 0 bridgehead atoms. The third kappa shape index (κ3) is 2.25. The summed E-state index contributed by atoms with van der Waals surface area (Å²) < 4.78 is 0. The fraction of sp³-hybridized carbons (Fsp3) is 0.308. The standard InChI is InChI=1S/C13H13NO4/c1-8-3-2-4-9(5-8)12(16)14-7-10(13(17)18)6-11(14)15/h2-5,10H,6-7H2,1H3,(H,17,18). The van der Waals surface area contributed by atoms with Gasteiger partial charge in [-0.1, -0.05) is 17.7 Å². The summed E-state index contributed by atoms with van der Waals surface area (Å²) in [6, 6.07) is 6.89. The zero-order chi connectivity index (χ0) is 13.3. The van der Waals surface area contributed by atoms with Crippen LogP contribution in [0.15, 0.2) is 24.3 Å². The van der Waals surface area contributed by atoms with Crippen molar-refractivity contribution in [2.24, 2.45) is 5.92 Å². The second-order valence-electron chi connectivity index (χ2n) is 4.42. The molecule has 1 saturated heterocycles. The minimum Gasteiger partial charge on any atom is -0.481 e. The fourth-order valence-corrected chi connectivity index (χ4v) is 2.00. The number of carboxylic acids is 1. The number of rotatable bonds is 2. The van der Waals surface area contributed by atoms with Crippen molar-refractivity contribution >= 4 is 17.8 Å². The highest BCUT2D eigenvalue weighted by atomic mass is 16.4. The molecule has 1 heterocycles. The second kappa shape index (κ2) is 4.60. The number of benzene rings is 1. The smallest absolute Gasteiger partial charge is 0.308 e. The molecule has 1 aromatic carbocycles. The molecule has 18 heavy (non-hydrogen) atoms. The van der Waals surface area contributed by atoms with Gasteiger partial charge in [0.25, 0.3) is 5.91 Å². The summed E-state index contributed by atoms with van der Waals surface area (Å²) in [7, 11) is 0. The third-order valence-corrected chi connectivity index (χ3v) is 2.98. The van der Waals surface area contributed by atoms with E-state index in [2.05, 4.69) is 0 Å². The molecule has 1 aromatic rings. The Labute approximate surface area is 104 Å². The van der Waals surface area contributed by atoms with Gasteiger partial charge in [-0.15, -0.1) is 0 Å². The largest absolute Gasteiger partial charge is 0.481 e. The number of carbonyl (C=O) groups is 3. The highest BCUT2D eigenvalue weighted by Gasteiger charge is 2.37. The van der Waals surface area contributed by atoms with Crippen LogP contribution >= 0.6 is 0 Å². The predicted octanol–water partition coefficient (Wildman–Crippen LogP) is 1.07. The Bertz CT molecular complexity index is 523. The van der Waals surface area contributed by atoms with Crippen LogP contribution in [0.2, 0.25) is 0 Å². The van der Waals surface area contributed by atoms with E-state index in [0.29, 0.717) is 5.56 Å². The topological polar surface area (TPSA) is 74.7 Å². The summed E-state index contributed by atoms with van der Waals surface area (Å²) >= 11 is 0. The van der Waals surface area contributed by atoms with Crippen LogP contribution in [0.3, 0.4) is 0 Å². The summed E-state index contributed by atoms with van der Waals surface area (Å²) in [4.78, 5) is 35.6. The van der Waals surface area contributed by atoms with Gasteiger partial charge < -0.3 is 5.11 Å². The molecule has 5 heteroatoms. The lowest BCUT2D eigenvalue weighted by atomic mass is 10.1. The molecule has 94 valence electrons. The van der Waals surface area contributed by atoms with Gasteiger partial charge in [0, 0.05) is 18.5 Å². The number of hydrogen-bond acceptors (Lipinski definition) is 3. The maximum Gasteiger partial charge on any atom is 0.308 e. The molecule has 1 N–H and O–H groups in total. The van der Waals surface area contributed by atoms with Gasteiger partial charge in [-0.25, -0.2) is 0 Å². The molecular weight excluding hydrogens is 234 g/mol. The number of aliphatic carboxylic acids is 1. The minimum atomic E-state index is -1.04. The first-order valence-electron chi connectivity index (χ1n) is 5.63. The van der Waals surface area contributed by atoms with E-state index in [4.69, 9.17) is 5.11 Å². The first kappa shape index (κ1) is 12.3. The van der Waals surface area contributed by atoms with Gasteiger partial charge in [0.15, 0.2) is 0 Å². The first-order chi connectivity index (χ1) is 8.49. The SMILES string of the molecule is Cc1cccc(C(=O)N2CC(C(=O)O)CC2=O)c1. The Kier molecular flexibility index (Phi) is 3.14. The molecule has 0 saturated carbocycles. The van der Waals surface area contributed by atoms with Gasteiger partial charge in [0.1, 0.15) is 0 Å². The number of hydrogen-bond donors (Lipinski definition) is 1. The molecule has 0 aromatic heterocycles. The van der Waals surface area contributed by atoms with E-state index < -0.39 is 23.7 Å². The van der Waals surface area contributed by atoms with Crippen LogP contribution in [0, 0.1) is 12.8 Å². The van der Waals surface area contributed by atoms with E-state index in [0.717, 1.165) is 10.5 Å². The van der Waals surface area contributed by atoms with E-state index in [9.17, 15) is 14.4 Å². The Morgan fingerprint density at radius 1 is 1.39 bits per heavy atom. The monoisotopic (exact) mass is 247 g/mol. The Morgan fingerprint density at radius 3 is 2.67 bits per heavy atom. The van der Waals surface area contributed by atoms with E-state index in [1.807, 2.05) is 13.0 Å². The van der Waals surface area contributed by atoms with Crippen molar-refractivity contribution in [2.75, 3.05) is 6.54 Å².